The summed E-state index contributed by atoms with van der Waals surface area (Å²) in [5.74, 6) is -0.901. The summed E-state index contributed by atoms with van der Waals surface area (Å²) in [7, 11) is 0. The molecule has 5 nitrogen and oxygen atoms in total. The number of rotatable bonds is 4. The summed E-state index contributed by atoms with van der Waals surface area (Å²) in [5, 5.41) is 2.83. The molecule has 1 heterocycles. The van der Waals surface area contributed by atoms with Crippen LogP contribution in [0.1, 0.15) is 18.9 Å². The molecule has 7 atom stereocenters. The van der Waals surface area contributed by atoms with Gasteiger partial charge in [0.15, 0.2) is 0 Å². The van der Waals surface area contributed by atoms with Gasteiger partial charge in [-0.3, -0.25) is 19.3 Å². The van der Waals surface area contributed by atoms with Gasteiger partial charge in [0.1, 0.15) is 6.04 Å². The number of nitrogens with one attached hydrogen (secondary N) is 1. The zero-order valence-corrected chi connectivity index (χ0v) is 17.4. The lowest BCUT2D eigenvalue weighted by atomic mass is 9.81. The summed E-state index contributed by atoms with van der Waals surface area (Å²) in [6, 6.07) is 8.78. The summed E-state index contributed by atoms with van der Waals surface area (Å²) < 4.78 is 0. The molecule has 1 aromatic carbocycles. The van der Waals surface area contributed by atoms with Crippen molar-refractivity contribution in [2.75, 3.05) is 0 Å². The van der Waals surface area contributed by atoms with Crippen molar-refractivity contribution < 1.29 is 14.4 Å². The molecule has 3 aliphatic rings. The highest BCUT2D eigenvalue weighted by Crippen LogP contribution is 2.60. The lowest BCUT2D eigenvalue weighted by Gasteiger charge is -2.28. The van der Waals surface area contributed by atoms with Gasteiger partial charge in [-0.15, -0.1) is 0 Å². The predicted octanol–water partition coefficient (Wildman–Crippen LogP) is 2.47. The molecule has 1 saturated heterocycles. The number of alkyl halides is 2. The van der Waals surface area contributed by atoms with E-state index in [-0.39, 0.29) is 51.0 Å². The van der Waals surface area contributed by atoms with Crippen molar-refractivity contribution in [1.29, 1.82) is 0 Å². The number of nitrogens with zero attached hydrogens (tertiary/aromatic N) is 1. The van der Waals surface area contributed by atoms with Crippen LogP contribution in [0.15, 0.2) is 30.3 Å². The predicted molar refractivity (Wildman–Crippen MR) is 104 cm³/mol. The number of halogens is 2. The lowest BCUT2D eigenvalue weighted by molar-refractivity contribution is -0.148. The van der Waals surface area contributed by atoms with E-state index in [1.807, 2.05) is 30.3 Å². The largest absolute Gasteiger partial charge is 0.350 e. The third-order valence-electron chi connectivity index (χ3n) is 6.10. The number of fused-ring (bicyclic) bond motifs is 5. The quantitative estimate of drug-likeness (QED) is 0.528. The Morgan fingerprint density at radius 2 is 1.65 bits per heavy atom. The van der Waals surface area contributed by atoms with Crippen LogP contribution in [0.5, 0.6) is 0 Å². The number of imide groups is 1. The van der Waals surface area contributed by atoms with E-state index in [2.05, 4.69) is 37.2 Å². The van der Waals surface area contributed by atoms with Gasteiger partial charge in [-0.2, -0.15) is 0 Å². The molecule has 2 saturated carbocycles. The Kier molecular flexibility index (Phi) is 4.72. The van der Waals surface area contributed by atoms with Gasteiger partial charge < -0.3 is 5.32 Å². The van der Waals surface area contributed by atoms with Gasteiger partial charge in [0.25, 0.3) is 0 Å². The highest BCUT2D eigenvalue weighted by molar-refractivity contribution is 9.12. The number of hydrogen-bond acceptors (Lipinski definition) is 3. The molecule has 2 aliphatic carbocycles. The van der Waals surface area contributed by atoms with Crippen LogP contribution in [0, 0.1) is 23.7 Å². The van der Waals surface area contributed by atoms with Crippen molar-refractivity contribution in [2.24, 2.45) is 23.7 Å². The second kappa shape index (κ2) is 6.75. The maximum absolute atomic E-state index is 12.9. The Balaban J connectivity index is 1.47. The van der Waals surface area contributed by atoms with Crippen molar-refractivity contribution in [1.82, 2.24) is 10.2 Å². The molecule has 2 bridgehead atoms. The number of carbonyl (C=O) groups is 3. The zero-order chi connectivity index (χ0) is 18.6. The second-order valence-corrected chi connectivity index (χ2v) is 9.54. The molecule has 0 unspecified atom stereocenters. The molecule has 0 radical (unpaired) electrons. The van der Waals surface area contributed by atoms with Crippen molar-refractivity contribution in [3.05, 3.63) is 35.9 Å². The van der Waals surface area contributed by atoms with E-state index >= 15 is 0 Å². The fourth-order valence-corrected chi connectivity index (χ4v) is 6.68. The first-order valence-electron chi connectivity index (χ1n) is 8.88. The minimum absolute atomic E-state index is 0.162. The first-order valence-corrected chi connectivity index (χ1v) is 10.7. The van der Waals surface area contributed by atoms with E-state index in [1.54, 1.807) is 6.92 Å². The average Bonchev–Trinajstić information content (AvgIpc) is 3.25. The van der Waals surface area contributed by atoms with Gasteiger partial charge >= 0.3 is 0 Å². The summed E-state index contributed by atoms with van der Waals surface area (Å²) in [4.78, 5) is 40.1. The second-order valence-electron chi connectivity index (χ2n) is 7.43. The molecule has 26 heavy (non-hydrogen) atoms. The lowest BCUT2D eigenvalue weighted by Crippen LogP contribution is -2.48. The number of benzene rings is 1. The minimum Gasteiger partial charge on any atom is -0.350 e. The monoisotopic (exact) mass is 482 g/mol. The third-order valence-corrected chi connectivity index (χ3v) is 9.30. The number of amides is 3. The van der Waals surface area contributed by atoms with Gasteiger partial charge in [0.2, 0.25) is 17.7 Å². The molecule has 3 fully saturated rings. The Morgan fingerprint density at radius 1 is 1.12 bits per heavy atom. The van der Waals surface area contributed by atoms with Crippen LogP contribution in [-0.4, -0.2) is 38.3 Å². The molecule has 4 rings (SSSR count). The summed E-state index contributed by atoms with van der Waals surface area (Å²) in [5.41, 5.74) is 0.978. The van der Waals surface area contributed by atoms with Gasteiger partial charge in [-0.25, -0.2) is 0 Å². The number of hydrogen-bond donors (Lipinski definition) is 1. The highest BCUT2D eigenvalue weighted by Gasteiger charge is 2.67. The minimum atomic E-state index is -0.786. The fraction of sp³-hybridized carbons (Fsp3) is 0.526. The van der Waals surface area contributed by atoms with E-state index in [0.29, 0.717) is 6.54 Å². The first-order chi connectivity index (χ1) is 12.4. The smallest absolute Gasteiger partial charge is 0.243 e. The van der Waals surface area contributed by atoms with Crippen molar-refractivity contribution >= 4 is 49.6 Å². The SMILES string of the molecule is C[C@H](C(=O)NCc1ccccc1)N1C(=O)[C@@H]2[C@@H]3C[C@H]([C@H](Br)[C@@H]3Br)[C@@H]2C1=O. The molecular formula is C19H20Br2N2O3. The molecule has 0 spiro atoms. The van der Waals surface area contributed by atoms with Crippen LogP contribution in [0.25, 0.3) is 0 Å². The summed E-state index contributed by atoms with van der Waals surface area (Å²) in [6.07, 6.45) is 0.890. The van der Waals surface area contributed by atoms with E-state index in [1.165, 1.54) is 4.90 Å². The molecule has 1 N–H and O–H groups in total. The maximum Gasteiger partial charge on any atom is 0.243 e. The molecule has 7 heteroatoms. The van der Waals surface area contributed by atoms with Gasteiger partial charge in [-0.05, 0) is 30.7 Å². The van der Waals surface area contributed by atoms with E-state index in [0.717, 1.165) is 12.0 Å². The van der Waals surface area contributed by atoms with Crippen LogP contribution in [0.2, 0.25) is 0 Å². The van der Waals surface area contributed by atoms with Crippen LogP contribution in [-0.2, 0) is 20.9 Å². The van der Waals surface area contributed by atoms with Gasteiger partial charge in [-0.1, -0.05) is 62.2 Å². The van der Waals surface area contributed by atoms with E-state index in [4.69, 9.17) is 0 Å². The van der Waals surface area contributed by atoms with E-state index in [9.17, 15) is 14.4 Å². The zero-order valence-electron chi connectivity index (χ0n) is 14.3. The molecule has 1 aromatic rings. The molecule has 3 amide bonds. The summed E-state index contributed by atoms with van der Waals surface area (Å²) in [6.45, 7) is 2.02. The Bertz CT molecular complexity index is 724. The third kappa shape index (κ3) is 2.66. The molecule has 0 aromatic heterocycles. The van der Waals surface area contributed by atoms with Crippen molar-refractivity contribution in [3.8, 4) is 0 Å². The number of carbonyl (C=O) groups excluding carboxylic acids is 3. The topological polar surface area (TPSA) is 66.5 Å². The van der Waals surface area contributed by atoms with Gasteiger partial charge in [0, 0.05) is 16.2 Å². The van der Waals surface area contributed by atoms with Crippen molar-refractivity contribution in [3.63, 3.8) is 0 Å². The van der Waals surface area contributed by atoms with Crippen LogP contribution in [0.4, 0.5) is 0 Å². The Hall–Kier alpha value is -1.21. The Labute approximate surface area is 169 Å². The number of likely N-dealkylation sites (tertiary alicyclic amines) is 1. The normalized spacial score (nSPS) is 36.3. The molecular weight excluding hydrogens is 464 g/mol. The molecule has 1 aliphatic heterocycles. The first kappa shape index (κ1) is 18.2. The Morgan fingerprint density at radius 3 is 2.19 bits per heavy atom. The maximum atomic E-state index is 12.9. The highest BCUT2D eigenvalue weighted by atomic mass is 79.9. The van der Waals surface area contributed by atoms with Gasteiger partial charge in [0.05, 0.1) is 11.8 Å². The van der Waals surface area contributed by atoms with Crippen LogP contribution in [0.3, 0.4) is 0 Å². The summed E-state index contributed by atoms with van der Waals surface area (Å²) >= 11 is 7.35. The van der Waals surface area contributed by atoms with Crippen LogP contribution >= 0.6 is 31.9 Å². The fourth-order valence-electron chi connectivity index (χ4n) is 4.80. The van der Waals surface area contributed by atoms with E-state index < -0.39 is 6.04 Å². The average molecular weight is 484 g/mol. The van der Waals surface area contributed by atoms with Crippen molar-refractivity contribution in [2.45, 2.75) is 35.6 Å². The van der Waals surface area contributed by atoms with Crippen LogP contribution < -0.4 is 5.32 Å². The standard InChI is InChI=1S/C19H20Br2N2O3/c1-9(17(24)22-8-10-5-3-2-4-6-10)23-18(25)13-11-7-12(14(13)19(23)26)16(21)15(11)20/h2-6,9,11-16H,7-8H2,1H3,(H,22,24)/t9-,11+,12+,13-,14+,15-,16+/m1/s1. The molecule has 138 valence electrons.